The van der Waals surface area contributed by atoms with Crippen molar-refractivity contribution in [1.82, 2.24) is 5.32 Å². The summed E-state index contributed by atoms with van der Waals surface area (Å²) in [5.41, 5.74) is -0.0945. The lowest BCUT2D eigenvalue weighted by molar-refractivity contribution is -0.137. The maximum Gasteiger partial charge on any atom is 0.416 e. The van der Waals surface area contributed by atoms with Crippen LogP contribution in [0, 0.1) is 0 Å². The van der Waals surface area contributed by atoms with Crippen molar-refractivity contribution in [1.29, 1.82) is 0 Å². The van der Waals surface area contributed by atoms with Crippen molar-refractivity contribution in [3.63, 3.8) is 0 Å². The highest BCUT2D eigenvalue weighted by molar-refractivity contribution is 7.10. The standard InChI is InChI=1S/C20H22F3N3O2S/c1-13(27)24-16(18-5-4-10-29-18)12-19(28)25-15-11-14(20(21,22)23)6-7-17(15)26-8-2-3-9-26/h4-7,10-11,16H,2-3,8-9,12H2,1H3,(H,24,27)(H,25,28). The number of amides is 2. The van der Waals surface area contributed by atoms with Crippen molar-refractivity contribution in [2.75, 3.05) is 23.3 Å². The molecule has 1 fully saturated rings. The van der Waals surface area contributed by atoms with Crippen molar-refractivity contribution in [2.24, 2.45) is 0 Å². The first-order valence-electron chi connectivity index (χ1n) is 9.30. The summed E-state index contributed by atoms with van der Waals surface area (Å²) in [6.07, 6.45) is -2.66. The van der Waals surface area contributed by atoms with Crippen LogP contribution in [-0.2, 0) is 15.8 Å². The van der Waals surface area contributed by atoms with E-state index in [2.05, 4.69) is 10.6 Å². The van der Waals surface area contributed by atoms with E-state index in [-0.39, 0.29) is 18.0 Å². The predicted octanol–water partition coefficient (Wildman–Crippen LogP) is 4.57. The highest BCUT2D eigenvalue weighted by atomic mass is 32.1. The number of hydrogen-bond donors (Lipinski definition) is 2. The first-order chi connectivity index (χ1) is 13.7. The maximum atomic E-state index is 13.2. The third-order valence-electron chi connectivity index (χ3n) is 4.70. The fourth-order valence-corrected chi connectivity index (χ4v) is 4.17. The van der Waals surface area contributed by atoms with E-state index in [0.717, 1.165) is 42.9 Å². The smallest absolute Gasteiger partial charge is 0.370 e. The Labute approximate surface area is 170 Å². The predicted molar refractivity (Wildman–Crippen MR) is 107 cm³/mol. The number of carbonyl (C=O) groups excluding carboxylic acids is 2. The van der Waals surface area contributed by atoms with Gasteiger partial charge in [-0.1, -0.05) is 6.07 Å². The van der Waals surface area contributed by atoms with Crippen LogP contribution in [0.3, 0.4) is 0 Å². The monoisotopic (exact) mass is 425 g/mol. The summed E-state index contributed by atoms with van der Waals surface area (Å²) in [6.45, 7) is 2.83. The molecule has 5 nitrogen and oxygen atoms in total. The van der Waals surface area contributed by atoms with Crippen LogP contribution >= 0.6 is 11.3 Å². The number of hydrogen-bond acceptors (Lipinski definition) is 4. The summed E-state index contributed by atoms with van der Waals surface area (Å²) < 4.78 is 39.5. The van der Waals surface area contributed by atoms with E-state index < -0.39 is 23.7 Å². The molecule has 1 aromatic carbocycles. The van der Waals surface area contributed by atoms with Crippen LogP contribution in [-0.4, -0.2) is 24.9 Å². The SMILES string of the molecule is CC(=O)NC(CC(=O)Nc1cc(C(F)(F)F)ccc1N1CCCC1)c1cccs1. The lowest BCUT2D eigenvalue weighted by Crippen LogP contribution is -2.29. The first-order valence-corrected chi connectivity index (χ1v) is 10.2. The number of nitrogens with one attached hydrogen (secondary N) is 2. The van der Waals surface area contributed by atoms with Crippen LogP contribution in [0.15, 0.2) is 35.7 Å². The average Bonchev–Trinajstić information content (AvgIpc) is 3.34. The van der Waals surface area contributed by atoms with E-state index in [4.69, 9.17) is 0 Å². The van der Waals surface area contributed by atoms with E-state index in [1.807, 2.05) is 16.3 Å². The third kappa shape index (κ3) is 5.50. The molecular weight excluding hydrogens is 403 g/mol. The van der Waals surface area contributed by atoms with E-state index >= 15 is 0 Å². The van der Waals surface area contributed by atoms with Gasteiger partial charge in [0.1, 0.15) is 0 Å². The van der Waals surface area contributed by atoms with Crippen LogP contribution in [0.1, 0.15) is 42.7 Å². The molecule has 1 aromatic heterocycles. The van der Waals surface area contributed by atoms with Gasteiger partial charge in [-0.3, -0.25) is 9.59 Å². The van der Waals surface area contributed by atoms with Gasteiger partial charge in [-0.2, -0.15) is 13.2 Å². The number of carbonyl (C=O) groups is 2. The Kier molecular flexibility index (Phi) is 6.46. The van der Waals surface area contributed by atoms with Gasteiger partial charge in [-0.25, -0.2) is 0 Å². The summed E-state index contributed by atoms with van der Waals surface area (Å²) >= 11 is 1.40. The topological polar surface area (TPSA) is 61.4 Å². The Morgan fingerprint density at radius 3 is 2.52 bits per heavy atom. The number of rotatable bonds is 6. The molecule has 0 bridgehead atoms. The van der Waals surface area contributed by atoms with E-state index in [0.29, 0.717) is 5.69 Å². The Morgan fingerprint density at radius 1 is 1.21 bits per heavy atom. The average molecular weight is 425 g/mol. The molecule has 1 aliphatic rings. The van der Waals surface area contributed by atoms with Gasteiger partial charge in [-0.05, 0) is 42.5 Å². The highest BCUT2D eigenvalue weighted by Crippen LogP contribution is 2.37. The van der Waals surface area contributed by atoms with Crippen LogP contribution in [0.2, 0.25) is 0 Å². The Morgan fingerprint density at radius 2 is 1.93 bits per heavy atom. The number of nitrogens with zero attached hydrogens (tertiary/aromatic N) is 1. The fraction of sp³-hybridized carbons (Fsp3) is 0.400. The fourth-order valence-electron chi connectivity index (χ4n) is 3.39. The summed E-state index contributed by atoms with van der Waals surface area (Å²) in [5.74, 6) is -0.745. The number of anilines is 2. The molecule has 0 radical (unpaired) electrons. The molecule has 0 spiro atoms. The summed E-state index contributed by atoms with van der Waals surface area (Å²) in [4.78, 5) is 26.9. The van der Waals surface area contributed by atoms with Gasteiger partial charge < -0.3 is 15.5 Å². The lowest BCUT2D eigenvalue weighted by atomic mass is 10.1. The third-order valence-corrected chi connectivity index (χ3v) is 5.68. The van der Waals surface area contributed by atoms with E-state index in [9.17, 15) is 22.8 Å². The van der Waals surface area contributed by atoms with Crippen LogP contribution in [0.25, 0.3) is 0 Å². The molecule has 2 amide bonds. The molecule has 2 N–H and O–H groups in total. The van der Waals surface area contributed by atoms with Gasteiger partial charge in [0, 0.05) is 24.9 Å². The zero-order valence-electron chi connectivity index (χ0n) is 15.9. The molecule has 1 atom stereocenters. The molecular formula is C20H22F3N3O2S. The van der Waals surface area contributed by atoms with Crippen LogP contribution in [0.5, 0.6) is 0 Å². The van der Waals surface area contributed by atoms with E-state index in [1.165, 1.54) is 24.3 Å². The minimum Gasteiger partial charge on any atom is -0.370 e. The van der Waals surface area contributed by atoms with E-state index in [1.54, 1.807) is 6.07 Å². The molecule has 0 aliphatic carbocycles. The maximum absolute atomic E-state index is 13.2. The second kappa shape index (κ2) is 8.86. The Bertz CT molecular complexity index is 862. The van der Waals surface area contributed by atoms with Crippen molar-refractivity contribution in [3.8, 4) is 0 Å². The largest absolute Gasteiger partial charge is 0.416 e. The molecule has 0 saturated carbocycles. The van der Waals surface area contributed by atoms with Gasteiger partial charge >= 0.3 is 6.18 Å². The van der Waals surface area contributed by atoms with Gasteiger partial charge in [0.2, 0.25) is 11.8 Å². The van der Waals surface area contributed by atoms with Gasteiger partial charge in [0.15, 0.2) is 0 Å². The van der Waals surface area contributed by atoms with Crippen LogP contribution < -0.4 is 15.5 Å². The Balaban J connectivity index is 1.82. The molecule has 3 rings (SSSR count). The molecule has 156 valence electrons. The van der Waals surface area contributed by atoms with Gasteiger partial charge in [0.05, 0.1) is 29.4 Å². The van der Waals surface area contributed by atoms with Crippen molar-refractivity contribution >= 4 is 34.5 Å². The molecule has 1 saturated heterocycles. The molecule has 2 aromatic rings. The molecule has 1 aliphatic heterocycles. The minimum atomic E-state index is -4.50. The van der Waals surface area contributed by atoms with Crippen molar-refractivity contribution < 1.29 is 22.8 Å². The lowest BCUT2D eigenvalue weighted by Gasteiger charge is -2.23. The zero-order chi connectivity index (χ0) is 21.0. The van der Waals surface area contributed by atoms with Crippen molar-refractivity contribution in [3.05, 3.63) is 46.2 Å². The second-order valence-corrected chi connectivity index (χ2v) is 7.92. The summed E-state index contributed by atoms with van der Waals surface area (Å²) in [5, 5.41) is 7.20. The van der Waals surface area contributed by atoms with Gasteiger partial charge in [-0.15, -0.1) is 11.3 Å². The van der Waals surface area contributed by atoms with Gasteiger partial charge in [0.25, 0.3) is 0 Å². The quantitative estimate of drug-likeness (QED) is 0.713. The highest BCUT2D eigenvalue weighted by Gasteiger charge is 2.32. The summed E-state index contributed by atoms with van der Waals surface area (Å²) in [7, 11) is 0. The Hall–Kier alpha value is -2.55. The molecule has 9 heteroatoms. The summed E-state index contributed by atoms with van der Waals surface area (Å²) in [6, 6.07) is 6.50. The van der Waals surface area contributed by atoms with Crippen LogP contribution in [0.4, 0.5) is 24.5 Å². The molecule has 29 heavy (non-hydrogen) atoms. The molecule has 1 unspecified atom stereocenters. The first kappa shape index (κ1) is 21.2. The minimum absolute atomic E-state index is 0.0736. The number of benzene rings is 1. The number of alkyl halides is 3. The normalized spacial score (nSPS) is 15.2. The zero-order valence-corrected chi connectivity index (χ0v) is 16.7. The number of thiophene rings is 1. The number of halogens is 3. The van der Waals surface area contributed by atoms with Crippen molar-refractivity contribution in [2.45, 2.75) is 38.4 Å². The second-order valence-electron chi connectivity index (χ2n) is 6.94. The molecule has 2 heterocycles.